The molecule has 0 unspecified atom stereocenters. The lowest BCUT2D eigenvalue weighted by Gasteiger charge is -2.33. The summed E-state index contributed by atoms with van der Waals surface area (Å²) in [4.78, 5) is 28.4. The molecule has 3 rings (SSSR count). The molecule has 1 atom stereocenters. The number of carbonyl (C=O) groups excluding carboxylic acids is 2. The average molecular weight is 453 g/mol. The topological polar surface area (TPSA) is 49.4 Å². The third kappa shape index (κ3) is 7.40. The van der Waals surface area contributed by atoms with Gasteiger partial charge in [-0.3, -0.25) is 9.59 Å². The molecular formula is C27H36N2O2S. The third-order valence-electron chi connectivity index (χ3n) is 6.11. The van der Waals surface area contributed by atoms with Crippen molar-refractivity contribution in [3.05, 3.63) is 71.3 Å². The number of rotatable bonds is 10. The van der Waals surface area contributed by atoms with E-state index in [4.69, 9.17) is 0 Å². The molecule has 2 aromatic carbocycles. The zero-order valence-electron chi connectivity index (χ0n) is 19.4. The van der Waals surface area contributed by atoms with Crippen LogP contribution in [0.4, 0.5) is 0 Å². The number of benzene rings is 2. The van der Waals surface area contributed by atoms with Gasteiger partial charge in [-0.05, 0) is 37.3 Å². The fourth-order valence-corrected chi connectivity index (χ4v) is 5.25. The molecule has 0 heterocycles. The Morgan fingerprint density at radius 3 is 2.44 bits per heavy atom. The quantitative estimate of drug-likeness (QED) is 0.519. The maximum Gasteiger partial charge on any atom is 0.243 e. The zero-order chi connectivity index (χ0) is 22.8. The van der Waals surface area contributed by atoms with Gasteiger partial charge >= 0.3 is 0 Å². The summed E-state index contributed by atoms with van der Waals surface area (Å²) >= 11 is 1.61. The first-order valence-electron chi connectivity index (χ1n) is 11.8. The van der Waals surface area contributed by atoms with Crippen molar-refractivity contribution in [2.45, 2.75) is 76.8 Å². The number of nitrogens with one attached hydrogen (secondary N) is 1. The van der Waals surface area contributed by atoms with E-state index in [1.165, 1.54) is 24.8 Å². The Balaban J connectivity index is 1.70. The second-order valence-corrected chi connectivity index (χ2v) is 9.74. The van der Waals surface area contributed by atoms with Crippen molar-refractivity contribution in [3.8, 4) is 0 Å². The number of thioether (sulfide) groups is 1. The molecule has 0 saturated heterocycles. The molecule has 0 spiro atoms. The molecule has 1 aliphatic carbocycles. The molecule has 1 N–H and O–H groups in total. The number of hydrogen-bond donors (Lipinski definition) is 1. The van der Waals surface area contributed by atoms with Crippen LogP contribution in [0.15, 0.2) is 54.6 Å². The highest BCUT2D eigenvalue weighted by molar-refractivity contribution is 7.99. The average Bonchev–Trinajstić information content (AvgIpc) is 2.80. The van der Waals surface area contributed by atoms with Crippen molar-refractivity contribution in [1.82, 2.24) is 10.2 Å². The molecular weight excluding hydrogens is 416 g/mol. The standard InChI is InChI=1S/C27H36N2O2S/c1-3-25(27(31)28-24-15-8-5-9-16-24)29(18-23-14-10-11-21(2)17-23)26(30)20-32-19-22-12-6-4-7-13-22/h4,6-7,10-14,17,24-25H,3,5,8-9,15-16,18-20H2,1-2H3,(H,28,31)/t25-/m1/s1. The number of carbonyl (C=O) groups is 2. The molecule has 4 nitrogen and oxygen atoms in total. The summed E-state index contributed by atoms with van der Waals surface area (Å²) in [6.07, 6.45) is 6.29. The van der Waals surface area contributed by atoms with Gasteiger partial charge in [0.25, 0.3) is 0 Å². The minimum Gasteiger partial charge on any atom is -0.352 e. The van der Waals surface area contributed by atoms with Crippen LogP contribution in [0, 0.1) is 6.92 Å². The second-order valence-electron chi connectivity index (χ2n) is 8.76. The smallest absolute Gasteiger partial charge is 0.243 e. The Morgan fingerprint density at radius 1 is 1.03 bits per heavy atom. The van der Waals surface area contributed by atoms with Crippen LogP contribution in [0.1, 0.15) is 62.1 Å². The van der Waals surface area contributed by atoms with Gasteiger partial charge in [-0.15, -0.1) is 11.8 Å². The first-order chi connectivity index (χ1) is 15.6. The third-order valence-corrected chi connectivity index (χ3v) is 7.10. The van der Waals surface area contributed by atoms with Crippen LogP contribution in [-0.2, 0) is 21.9 Å². The first-order valence-corrected chi connectivity index (χ1v) is 13.0. The Bertz CT molecular complexity index is 865. The lowest BCUT2D eigenvalue weighted by molar-refractivity contribution is -0.139. The van der Waals surface area contributed by atoms with E-state index < -0.39 is 6.04 Å². The van der Waals surface area contributed by atoms with E-state index in [0.29, 0.717) is 18.7 Å². The van der Waals surface area contributed by atoms with Crippen LogP contribution < -0.4 is 5.32 Å². The molecule has 32 heavy (non-hydrogen) atoms. The monoisotopic (exact) mass is 452 g/mol. The molecule has 172 valence electrons. The first kappa shape index (κ1) is 24.4. The van der Waals surface area contributed by atoms with E-state index in [0.717, 1.165) is 29.7 Å². The van der Waals surface area contributed by atoms with E-state index >= 15 is 0 Å². The van der Waals surface area contributed by atoms with Crippen LogP contribution in [0.2, 0.25) is 0 Å². The van der Waals surface area contributed by atoms with Crippen LogP contribution in [0.5, 0.6) is 0 Å². The van der Waals surface area contributed by atoms with E-state index in [9.17, 15) is 9.59 Å². The lowest BCUT2D eigenvalue weighted by Crippen LogP contribution is -2.52. The second kappa shape index (κ2) is 12.7. The van der Waals surface area contributed by atoms with Gasteiger partial charge < -0.3 is 10.2 Å². The van der Waals surface area contributed by atoms with Crippen molar-refractivity contribution in [1.29, 1.82) is 0 Å². The Kier molecular flexibility index (Phi) is 9.66. The highest BCUT2D eigenvalue weighted by Crippen LogP contribution is 2.20. The van der Waals surface area contributed by atoms with Gasteiger partial charge in [0.2, 0.25) is 11.8 Å². The maximum absolute atomic E-state index is 13.3. The van der Waals surface area contributed by atoms with Gasteiger partial charge in [-0.25, -0.2) is 0 Å². The van der Waals surface area contributed by atoms with Crippen LogP contribution in [-0.4, -0.2) is 34.6 Å². The highest BCUT2D eigenvalue weighted by Gasteiger charge is 2.30. The molecule has 2 aromatic rings. The van der Waals surface area contributed by atoms with Gasteiger partial charge in [0.15, 0.2) is 0 Å². The van der Waals surface area contributed by atoms with E-state index in [1.807, 2.05) is 37.3 Å². The van der Waals surface area contributed by atoms with Crippen molar-refractivity contribution >= 4 is 23.6 Å². The molecule has 1 fully saturated rings. The Hall–Kier alpha value is -2.27. The van der Waals surface area contributed by atoms with Crippen LogP contribution >= 0.6 is 11.8 Å². The van der Waals surface area contributed by atoms with Crippen molar-refractivity contribution in [3.63, 3.8) is 0 Å². The molecule has 1 aliphatic rings. The lowest BCUT2D eigenvalue weighted by atomic mass is 9.95. The van der Waals surface area contributed by atoms with E-state index in [2.05, 4.69) is 36.5 Å². The van der Waals surface area contributed by atoms with Gasteiger partial charge in [-0.1, -0.05) is 86.3 Å². The SMILES string of the molecule is CC[C@H](C(=O)NC1CCCCC1)N(Cc1cccc(C)c1)C(=O)CSCc1ccccc1. The molecule has 1 saturated carbocycles. The summed E-state index contributed by atoms with van der Waals surface area (Å²) in [5.74, 6) is 1.18. The molecule has 2 amide bonds. The maximum atomic E-state index is 13.3. The zero-order valence-corrected chi connectivity index (χ0v) is 20.2. The van der Waals surface area contributed by atoms with Gasteiger partial charge in [0.1, 0.15) is 6.04 Å². The summed E-state index contributed by atoms with van der Waals surface area (Å²) in [5, 5.41) is 3.24. The number of amides is 2. The van der Waals surface area contributed by atoms with Crippen molar-refractivity contribution in [2.75, 3.05) is 5.75 Å². The fourth-order valence-electron chi connectivity index (χ4n) is 4.38. The van der Waals surface area contributed by atoms with Gasteiger partial charge in [-0.2, -0.15) is 0 Å². The van der Waals surface area contributed by atoms with Crippen molar-refractivity contribution in [2.24, 2.45) is 0 Å². The number of hydrogen-bond acceptors (Lipinski definition) is 3. The largest absolute Gasteiger partial charge is 0.352 e. The van der Waals surface area contributed by atoms with Gasteiger partial charge in [0, 0.05) is 18.3 Å². The number of aryl methyl sites for hydroxylation is 1. The van der Waals surface area contributed by atoms with Crippen molar-refractivity contribution < 1.29 is 9.59 Å². The van der Waals surface area contributed by atoms with Gasteiger partial charge in [0.05, 0.1) is 5.75 Å². The molecule has 0 aliphatic heterocycles. The minimum atomic E-state index is -0.442. The minimum absolute atomic E-state index is 0.00605. The summed E-state index contributed by atoms with van der Waals surface area (Å²) in [5.41, 5.74) is 3.43. The molecule has 0 radical (unpaired) electrons. The summed E-state index contributed by atoms with van der Waals surface area (Å²) in [6.45, 7) is 4.51. The van der Waals surface area contributed by atoms with E-state index in [1.54, 1.807) is 16.7 Å². The van der Waals surface area contributed by atoms with Crippen LogP contribution in [0.3, 0.4) is 0 Å². The fraction of sp³-hybridized carbons (Fsp3) is 0.481. The molecule has 0 aromatic heterocycles. The van der Waals surface area contributed by atoms with Crippen LogP contribution in [0.25, 0.3) is 0 Å². The summed E-state index contributed by atoms with van der Waals surface area (Å²) in [7, 11) is 0. The Morgan fingerprint density at radius 2 is 1.75 bits per heavy atom. The normalized spacial score (nSPS) is 15.2. The number of nitrogens with zero attached hydrogens (tertiary/aromatic N) is 1. The molecule has 5 heteroatoms. The predicted octanol–water partition coefficient (Wildman–Crippen LogP) is 5.48. The predicted molar refractivity (Wildman–Crippen MR) is 133 cm³/mol. The highest BCUT2D eigenvalue weighted by atomic mass is 32.2. The summed E-state index contributed by atoms with van der Waals surface area (Å²) in [6, 6.07) is 18.2. The summed E-state index contributed by atoms with van der Waals surface area (Å²) < 4.78 is 0. The van der Waals surface area contributed by atoms with E-state index in [-0.39, 0.29) is 17.9 Å². The Labute approximate surface area is 197 Å². The molecule has 0 bridgehead atoms.